The van der Waals surface area contributed by atoms with Crippen LogP contribution in [0.5, 0.6) is 0 Å². The predicted molar refractivity (Wildman–Crippen MR) is 57.6 cm³/mol. The normalized spacial score (nSPS) is 25.4. The van der Waals surface area contributed by atoms with Gasteiger partial charge in [0.25, 0.3) is 0 Å². The van der Waals surface area contributed by atoms with E-state index < -0.39 is 24.0 Å². The second-order valence-electron chi connectivity index (χ2n) is 4.22. The molecule has 0 N–H and O–H groups in total. The summed E-state index contributed by atoms with van der Waals surface area (Å²) < 4.78 is 37.9. The zero-order valence-corrected chi connectivity index (χ0v) is 9.24. The van der Waals surface area contributed by atoms with Gasteiger partial charge in [0.15, 0.2) is 0 Å². The fraction of sp³-hybridized carbons (Fsp3) is 0.417. The quantitative estimate of drug-likeness (QED) is 0.742. The summed E-state index contributed by atoms with van der Waals surface area (Å²) >= 11 is 0. The van der Waals surface area contributed by atoms with Crippen LogP contribution in [0.4, 0.5) is 18.9 Å². The molecule has 1 aromatic carbocycles. The van der Waals surface area contributed by atoms with Gasteiger partial charge in [0.1, 0.15) is 5.92 Å². The van der Waals surface area contributed by atoms with Crippen molar-refractivity contribution >= 4 is 11.6 Å². The Morgan fingerprint density at radius 2 is 1.82 bits per heavy atom. The van der Waals surface area contributed by atoms with E-state index in [4.69, 9.17) is 0 Å². The summed E-state index contributed by atoms with van der Waals surface area (Å²) in [5, 5.41) is 0. The van der Waals surface area contributed by atoms with Crippen molar-refractivity contribution in [2.45, 2.75) is 25.6 Å². The molecule has 2 unspecified atom stereocenters. The average Bonchev–Trinajstić information content (AvgIpc) is 2.55. The molecular formula is C12H12F3NO. The molecule has 1 aliphatic rings. The van der Waals surface area contributed by atoms with Crippen LogP contribution in [-0.4, -0.2) is 18.1 Å². The summed E-state index contributed by atoms with van der Waals surface area (Å²) in [6.45, 7) is 1.64. The number of nitrogens with zero attached hydrogens (tertiary/aromatic N) is 1. The Morgan fingerprint density at radius 3 is 2.29 bits per heavy atom. The highest BCUT2D eigenvalue weighted by Gasteiger charge is 2.52. The highest BCUT2D eigenvalue weighted by atomic mass is 19.4. The summed E-state index contributed by atoms with van der Waals surface area (Å²) in [5.74, 6) is -2.71. The van der Waals surface area contributed by atoms with Crippen LogP contribution in [0.15, 0.2) is 30.3 Å². The topological polar surface area (TPSA) is 20.3 Å². The van der Waals surface area contributed by atoms with Crippen molar-refractivity contribution in [3.8, 4) is 0 Å². The van der Waals surface area contributed by atoms with Gasteiger partial charge in [-0.25, -0.2) is 0 Å². The van der Waals surface area contributed by atoms with E-state index in [1.165, 1.54) is 4.90 Å². The van der Waals surface area contributed by atoms with Crippen LogP contribution < -0.4 is 4.90 Å². The standard InChI is InChI=1S/C12H12F3NO/c1-8-7-10(12(13,14)15)11(17)16(8)9-5-3-2-4-6-9/h2-6,8,10H,7H2,1H3. The first-order chi connectivity index (χ1) is 7.91. The van der Waals surface area contributed by atoms with Gasteiger partial charge in [-0.1, -0.05) is 18.2 Å². The summed E-state index contributed by atoms with van der Waals surface area (Å²) in [4.78, 5) is 13.0. The summed E-state index contributed by atoms with van der Waals surface area (Å²) in [6, 6.07) is 8.04. The Labute approximate surface area is 97.0 Å². The highest BCUT2D eigenvalue weighted by molar-refractivity contribution is 5.98. The Kier molecular flexibility index (Phi) is 2.85. The van der Waals surface area contributed by atoms with E-state index in [-0.39, 0.29) is 6.42 Å². The minimum Gasteiger partial charge on any atom is -0.309 e. The van der Waals surface area contributed by atoms with Gasteiger partial charge in [-0.05, 0) is 25.5 Å². The second-order valence-corrected chi connectivity index (χ2v) is 4.22. The predicted octanol–water partition coefficient (Wildman–Crippen LogP) is 2.99. The van der Waals surface area contributed by atoms with Crippen LogP contribution >= 0.6 is 0 Å². The third-order valence-corrected chi connectivity index (χ3v) is 2.98. The number of amides is 1. The molecular weight excluding hydrogens is 231 g/mol. The van der Waals surface area contributed by atoms with Crippen molar-refractivity contribution in [2.24, 2.45) is 5.92 Å². The molecule has 0 aliphatic carbocycles. The van der Waals surface area contributed by atoms with Gasteiger partial charge in [-0.2, -0.15) is 13.2 Å². The van der Waals surface area contributed by atoms with E-state index in [2.05, 4.69) is 0 Å². The number of halogens is 3. The minimum atomic E-state index is -4.45. The molecule has 92 valence electrons. The van der Waals surface area contributed by atoms with Crippen molar-refractivity contribution in [1.29, 1.82) is 0 Å². The Morgan fingerprint density at radius 1 is 1.24 bits per heavy atom. The van der Waals surface area contributed by atoms with Crippen molar-refractivity contribution in [2.75, 3.05) is 4.90 Å². The molecule has 1 heterocycles. The Hall–Kier alpha value is -1.52. The molecule has 17 heavy (non-hydrogen) atoms. The molecule has 5 heteroatoms. The van der Waals surface area contributed by atoms with E-state index in [0.717, 1.165) is 0 Å². The maximum absolute atomic E-state index is 12.6. The van der Waals surface area contributed by atoms with Crippen LogP contribution in [0.3, 0.4) is 0 Å². The van der Waals surface area contributed by atoms with Gasteiger partial charge < -0.3 is 4.90 Å². The molecule has 1 saturated heterocycles. The number of carbonyl (C=O) groups is 1. The summed E-state index contributed by atoms with van der Waals surface area (Å²) in [7, 11) is 0. The van der Waals surface area contributed by atoms with E-state index in [1.807, 2.05) is 0 Å². The van der Waals surface area contributed by atoms with Crippen molar-refractivity contribution in [3.63, 3.8) is 0 Å². The fourth-order valence-electron chi connectivity index (χ4n) is 2.18. The number of anilines is 1. The van der Waals surface area contributed by atoms with Gasteiger partial charge in [0.05, 0.1) is 0 Å². The zero-order valence-electron chi connectivity index (χ0n) is 9.24. The van der Waals surface area contributed by atoms with Crippen LogP contribution in [0.25, 0.3) is 0 Å². The molecule has 0 bridgehead atoms. The van der Waals surface area contributed by atoms with Gasteiger partial charge in [-0.3, -0.25) is 4.79 Å². The van der Waals surface area contributed by atoms with Crippen LogP contribution in [0, 0.1) is 5.92 Å². The van der Waals surface area contributed by atoms with E-state index >= 15 is 0 Å². The van der Waals surface area contributed by atoms with Gasteiger partial charge in [-0.15, -0.1) is 0 Å². The number of hydrogen-bond acceptors (Lipinski definition) is 1. The third-order valence-electron chi connectivity index (χ3n) is 2.98. The smallest absolute Gasteiger partial charge is 0.309 e. The molecule has 0 radical (unpaired) electrons. The highest BCUT2D eigenvalue weighted by Crippen LogP contribution is 2.39. The number of para-hydroxylation sites is 1. The van der Waals surface area contributed by atoms with Crippen molar-refractivity contribution in [3.05, 3.63) is 30.3 Å². The first-order valence-corrected chi connectivity index (χ1v) is 5.36. The van der Waals surface area contributed by atoms with Crippen LogP contribution in [-0.2, 0) is 4.79 Å². The van der Waals surface area contributed by atoms with E-state index in [9.17, 15) is 18.0 Å². The largest absolute Gasteiger partial charge is 0.400 e. The molecule has 2 rings (SSSR count). The molecule has 0 spiro atoms. The second kappa shape index (κ2) is 4.05. The lowest BCUT2D eigenvalue weighted by atomic mass is 10.1. The molecule has 2 nitrogen and oxygen atoms in total. The third kappa shape index (κ3) is 2.14. The average molecular weight is 243 g/mol. The lowest BCUT2D eigenvalue weighted by Gasteiger charge is -2.21. The van der Waals surface area contributed by atoms with Gasteiger partial charge in [0.2, 0.25) is 5.91 Å². The van der Waals surface area contributed by atoms with E-state index in [1.54, 1.807) is 37.3 Å². The van der Waals surface area contributed by atoms with Gasteiger partial charge >= 0.3 is 6.18 Å². The summed E-state index contributed by atoms with van der Waals surface area (Å²) in [6.07, 6.45) is -4.62. The number of hydrogen-bond donors (Lipinski definition) is 0. The first kappa shape index (κ1) is 12.0. The summed E-state index contributed by atoms with van der Waals surface area (Å²) in [5.41, 5.74) is 0.525. The lowest BCUT2D eigenvalue weighted by Crippen LogP contribution is -2.35. The maximum Gasteiger partial charge on any atom is 0.400 e. The number of alkyl halides is 3. The Bertz CT molecular complexity index is 416. The fourth-order valence-corrected chi connectivity index (χ4v) is 2.18. The van der Waals surface area contributed by atoms with Gasteiger partial charge in [0, 0.05) is 11.7 Å². The molecule has 2 atom stereocenters. The number of rotatable bonds is 1. The van der Waals surface area contributed by atoms with Crippen LogP contribution in [0.1, 0.15) is 13.3 Å². The van der Waals surface area contributed by atoms with Crippen LogP contribution in [0.2, 0.25) is 0 Å². The molecule has 1 aliphatic heterocycles. The number of benzene rings is 1. The van der Waals surface area contributed by atoms with E-state index in [0.29, 0.717) is 5.69 Å². The van der Waals surface area contributed by atoms with Crippen molar-refractivity contribution < 1.29 is 18.0 Å². The first-order valence-electron chi connectivity index (χ1n) is 5.36. The molecule has 0 aromatic heterocycles. The van der Waals surface area contributed by atoms with Crippen molar-refractivity contribution in [1.82, 2.24) is 0 Å². The maximum atomic E-state index is 12.6. The molecule has 1 fully saturated rings. The zero-order chi connectivity index (χ0) is 12.6. The lowest BCUT2D eigenvalue weighted by molar-refractivity contribution is -0.177. The Balaban J connectivity index is 2.30. The molecule has 1 amide bonds. The number of carbonyl (C=O) groups excluding carboxylic acids is 1. The monoisotopic (exact) mass is 243 g/mol. The minimum absolute atomic E-state index is 0.169. The SMILES string of the molecule is CC1CC(C(F)(F)F)C(=O)N1c1ccccc1. The molecule has 1 aromatic rings. The molecule has 0 saturated carbocycles.